The van der Waals surface area contributed by atoms with Crippen molar-refractivity contribution in [1.82, 2.24) is 19.9 Å². The summed E-state index contributed by atoms with van der Waals surface area (Å²) in [5, 5.41) is 3.02. The first kappa shape index (κ1) is 32.4. The van der Waals surface area contributed by atoms with Crippen LogP contribution in [0.15, 0.2) is 108 Å². The molecule has 3 aromatic carbocycles. The van der Waals surface area contributed by atoms with Gasteiger partial charge in [-0.05, 0) is 65.1 Å². The fraction of sp³-hybridized carbons (Fsp3) is 0.265. The number of hydrogen-bond donors (Lipinski definition) is 2. The topological polar surface area (TPSA) is 118 Å². The molecule has 0 spiro atoms. The zero-order valence-corrected chi connectivity index (χ0v) is 25.8. The first-order valence-corrected chi connectivity index (χ1v) is 16.0. The van der Waals surface area contributed by atoms with Gasteiger partial charge in [0.15, 0.2) is 0 Å². The van der Waals surface area contributed by atoms with Gasteiger partial charge in [-0.15, -0.1) is 0 Å². The predicted molar refractivity (Wildman–Crippen MR) is 169 cm³/mol. The molecule has 2 amide bonds. The van der Waals surface area contributed by atoms with Crippen molar-refractivity contribution in [1.29, 1.82) is 0 Å². The molecular weight excluding hydrogens is 576 g/mol. The number of methoxy groups -OCH3 is 1. The van der Waals surface area contributed by atoms with Crippen molar-refractivity contribution in [3.05, 3.63) is 126 Å². The Hall–Kier alpha value is -4.54. The van der Waals surface area contributed by atoms with Gasteiger partial charge in [-0.3, -0.25) is 14.6 Å². The number of aromatic nitrogens is 1. The average molecular weight is 615 g/mol. The van der Waals surface area contributed by atoms with Crippen molar-refractivity contribution < 1.29 is 22.7 Å². The van der Waals surface area contributed by atoms with Crippen LogP contribution in [0.4, 0.5) is 0 Å². The minimum atomic E-state index is -3.57. The Labute approximate surface area is 259 Å². The Bertz CT molecular complexity index is 1600. The maximum atomic E-state index is 14.0. The molecule has 0 saturated heterocycles. The first-order valence-electron chi connectivity index (χ1n) is 14.5. The second-order valence-electron chi connectivity index (χ2n) is 10.3. The number of rotatable bonds is 15. The summed E-state index contributed by atoms with van der Waals surface area (Å²) in [6.45, 7) is 2.55. The number of sulfonamides is 1. The van der Waals surface area contributed by atoms with Gasteiger partial charge in [0.2, 0.25) is 21.8 Å². The largest absolute Gasteiger partial charge is 0.497 e. The molecule has 0 fully saturated rings. The number of ether oxygens (including phenoxy) is 1. The van der Waals surface area contributed by atoms with Crippen LogP contribution >= 0.6 is 0 Å². The molecule has 1 aromatic heterocycles. The SMILES string of the molecule is CCNS(=O)(=O)c1ccc(CCC(=O)N(Cc2ccc(OC)cc2)[C@@H](Cc2ccccc2)C(=O)NCc2ccncc2)cc1. The van der Waals surface area contributed by atoms with Gasteiger partial charge in [0.25, 0.3) is 0 Å². The molecule has 0 aliphatic heterocycles. The van der Waals surface area contributed by atoms with Gasteiger partial charge in [0.1, 0.15) is 11.8 Å². The van der Waals surface area contributed by atoms with Crippen molar-refractivity contribution in [3.8, 4) is 5.75 Å². The van der Waals surface area contributed by atoms with Gasteiger partial charge in [-0.25, -0.2) is 13.1 Å². The summed E-state index contributed by atoms with van der Waals surface area (Å²) >= 11 is 0. The lowest BCUT2D eigenvalue weighted by atomic mass is 10.0. The highest BCUT2D eigenvalue weighted by Gasteiger charge is 2.30. The lowest BCUT2D eigenvalue weighted by Gasteiger charge is -2.32. The Balaban J connectivity index is 1.59. The Morgan fingerprint density at radius 3 is 2.14 bits per heavy atom. The molecule has 4 rings (SSSR count). The van der Waals surface area contributed by atoms with Crippen LogP contribution in [0.3, 0.4) is 0 Å². The molecule has 0 saturated carbocycles. The van der Waals surface area contributed by atoms with E-state index in [1.165, 1.54) is 12.1 Å². The van der Waals surface area contributed by atoms with E-state index in [4.69, 9.17) is 4.74 Å². The van der Waals surface area contributed by atoms with Crippen LogP contribution in [0.5, 0.6) is 5.75 Å². The molecule has 2 N–H and O–H groups in total. The molecule has 0 aliphatic rings. The molecule has 1 atom stereocenters. The van der Waals surface area contributed by atoms with Crippen LogP contribution in [0.25, 0.3) is 0 Å². The summed E-state index contributed by atoms with van der Waals surface area (Å²) in [4.78, 5) is 33.6. The number of nitrogens with one attached hydrogen (secondary N) is 2. The van der Waals surface area contributed by atoms with Crippen LogP contribution in [-0.4, -0.2) is 49.8 Å². The Morgan fingerprint density at radius 2 is 1.50 bits per heavy atom. The number of pyridine rings is 1. The van der Waals surface area contributed by atoms with Gasteiger partial charge >= 0.3 is 0 Å². The van der Waals surface area contributed by atoms with E-state index in [-0.39, 0.29) is 29.7 Å². The zero-order chi connectivity index (χ0) is 31.4. The molecule has 0 bridgehead atoms. The smallest absolute Gasteiger partial charge is 0.243 e. The van der Waals surface area contributed by atoms with E-state index in [0.717, 1.165) is 22.3 Å². The minimum Gasteiger partial charge on any atom is -0.497 e. The number of hydrogen-bond acceptors (Lipinski definition) is 6. The molecule has 9 nitrogen and oxygen atoms in total. The maximum Gasteiger partial charge on any atom is 0.243 e. The molecule has 10 heteroatoms. The number of benzene rings is 3. The van der Waals surface area contributed by atoms with Crippen LogP contribution < -0.4 is 14.8 Å². The summed E-state index contributed by atoms with van der Waals surface area (Å²) in [5.41, 5.74) is 3.51. The van der Waals surface area contributed by atoms with Gasteiger partial charge in [0, 0.05) is 44.9 Å². The van der Waals surface area contributed by atoms with Gasteiger partial charge < -0.3 is 15.0 Å². The molecule has 1 heterocycles. The van der Waals surface area contributed by atoms with Crippen LogP contribution in [0.1, 0.15) is 35.6 Å². The summed E-state index contributed by atoms with van der Waals surface area (Å²) in [6.07, 6.45) is 4.20. The standard InChI is InChI=1S/C34H38N4O5S/c1-3-37-44(41,42)31-16-11-26(12-17-31)13-18-33(39)38(25-29-9-14-30(43-2)15-10-29)32(23-27-7-5-4-6-8-27)34(40)36-24-28-19-21-35-22-20-28/h4-12,14-17,19-22,32,37H,3,13,18,23-25H2,1-2H3,(H,36,40)/t32-/m0/s1. The molecular formula is C34H38N4O5S. The van der Waals surface area contributed by atoms with Crippen molar-refractivity contribution in [2.75, 3.05) is 13.7 Å². The molecule has 230 valence electrons. The summed E-state index contributed by atoms with van der Waals surface area (Å²) < 4.78 is 32.4. The Kier molecular flexibility index (Phi) is 11.6. The van der Waals surface area contributed by atoms with E-state index in [1.807, 2.05) is 66.7 Å². The molecule has 0 unspecified atom stereocenters. The highest BCUT2D eigenvalue weighted by Crippen LogP contribution is 2.20. The monoisotopic (exact) mass is 614 g/mol. The van der Waals surface area contributed by atoms with E-state index in [0.29, 0.717) is 31.7 Å². The van der Waals surface area contributed by atoms with Crippen molar-refractivity contribution >= 4 is 21.8 Å². The second kappa shape index (κ2) is 15.8. The first-order chi connectivity index (χ1) is 21.3. The third-order valence-electron chi connectivity index (χ3n) is 7.19. The second-order valence-corrected chi connectivity index (χ2v) is 12.1. The van der Waals surface area contributed by atoms with Crippen molar-refractivity contribution in [2.45, 2.75) is 50.2 Å². The van der Waals surface area contributed by atoms with Gasteiger partial charge in [0.05, 0.1) is 12.0 Å². The molecule has 0 radical (unpaired) electrons. The normalized spacial score (nSPS) is 11.9. The third-order valence-corrected chi connectivity index (χ3v) is 8.76. The molecule has 0 aliphatic carbocycles. The number of carbonyl (C=O) groups excluding carboxylic acids is 2. The third kappa shape index (κ3) is 9.23. The molecule has 4 aromatic rings. The van der Waals surface area contributed by atoms with E-state index < -0.39 is 16.1 Å². The van der Waals surface area contributed by atoms with Gasteiger partial charge in [-0.1, -0.05) is 61.5 Å². The number of aryl methyl sites for hydroxylation is 1. The summed E-state index contributed by atoms with van der Waals surface area (Å²) in [5.74, 6) is 0.248. The van der Waals surface area contributed by atoms with E-state index >= 15 is 0 Å². The summed E-state index contributed by atoms with van der Waals surface area (Å²) in [6, 6.07) is 26.5. The van der Waals surface area contributed by atoms with Crippen LogP contribution in [0.2, 0.25) is 0 Å². The lowest BCUT2D eigenvalue weighted by Crippen LogP contribution is -2.50. The number of amides is 2. The molecule has 44 heavy (non-hydrogen) atoms. The predicted octanol–water partition coefficient (Wildman–Crippen LogP) is 4.28. The van der Waals surface area contributed by atoms with Crippen molar-refractivity contribution in [3.63, 3.8) is 0 Å². The quantitative estimate of drug-likeness (QED) is 0.207. The van der Waals surface area contributed by atoms with E-state index in [1.54, 1.807) is 43.5 Å². The average Bonchev–Trinajstić information content (AvgIpc) is 3.05. The minimum absolute atomic E-state index is 0.137. The lowest BCUT2D eigenvalue weighted by molar-refractivity contribution is -0.141. The fourth-order valence-corrected chi connectivity index (χ4v) is 5.83. The van der Waals surface area contributed by atoms with E-state index in [2.05, 4.69) is 15.0 Å². The van der Waals surface area contributed by atoms with Crippen LogP contribution in [0, 0.1) is 0 Å². The fourth-order valence-electron chi connectivity index (χ4n) is 4.79. The van der Waals surface area contributed by atoms with E-state index in [9.17, 15) is 18.0 Å². The maximum absolute atomic E-state index is 14.0. The summed E-state index contributed by atoms with van der Waals surface area (Å²) in [7, 11) is -1.98. The number of carbonyl (C=O) groups is 2. The highest BCUT2D eigenvalue weighted by molar-refractivity contribution is 7.89. The van der Waals surface area contributed by atoms with Gasteiger partial charge in [-0.2, -0.15) is 0 Å². The van der Waals surface area contributed by atoms with Crippen LogP contribution in [-0.2, 0) is 45.5 Å². The Morgan fingerprint density at radius 1 is 0.841 bits per heavy atom. The van der Waals surface area contributed by atoms with Crippen molar-refractivity contribution in [2.24, 2.45) is 0 Å². The highest BCUT2D eigenvalue weighted by atomic mass is 32.2. The number of nitrogens with zero attached hydrogens (tertiary/aromatic N) is 2. The zero-order valence-electron chi connectivity index (χ0n) is 25.0.